The van der Waals surface area contributed by atoms with Gasteiger partial charge in [0.25, 0.3) is 0 Å². The number of carbonyl (C=O) groups excluding carboxylic acids is 2. The van der Waals surface area contributed by atoms with Crippen LogP contribution in [0.3, 0.4) is 0 Å². The lowest BCUT2D eigenvalue weighted by atomic mass is 10.1. The highest BCUT2D eigenvalue weighted by Crippen LogP contribution is 2.29. The number of hydrogen-bond acceptors (Lipinski definition) is 5. The third-order valence-corrected chi connectivity index (χ3v) is 3.81. The smallest absolute Gasteiger partial charge is 0.416 e. The number of carbonyl (C=O) groups is 2. The molecule has 0 fully saturated rings. The van der Waals surface area contributed by atoms with Gasteiger partial charge in [-0.25, -0.2) is 4.79 Å². The van der Waals surface area contributed by atoms with Crippen molar-refractivity contribution in [3.8, 4) is 5.69 Å². The molecule has 144 valence electrons. The zero-order valence-corrected chi connectivity index (χ0v) is 14.6. The number of halogens is 3. The number of nitrogens with zero attached hydrogens (tertiary/aromatic N) is 3. The molecule has 0 saturated carbocycles. The van der Waals surface area contributed by atoms with Crippen LogP contribution in [0.2, 0.25) is 0 Å². The molecule has 0 N–H and O–H groups in total. The Morgan fingerprint density at radius 3 is 2.43 bits per heavy atom. The molecule has 6 nitrogen and oxygen atoms in total. The summed E-state index contributed by atoms with van der Waals surface area (Å²) in [6.07, 6.45) is -4.57. The maximum Gasteiger partial charge on any atom is 0.416 e. The molecule has 1 aromatic heterocycles. The third-order valence-electron chi connectivity index (χ3n) is 3.81. The van der Waals surface area contributed by atoms with Gasteiger partial charge < -0.3 is 4.74 Å². The number of ether oxygens (including phenoxy) is 1. The number of esters is 1. The molecule has 0 radical (unpaired) electrons. The van der Waals surface area contributed by atoms with Gasteiger partial charge in [0.15, 0.2) is 18.1 Å². The lowest BCUT2D eigenvalue weighted by Gasteiger charge is -2.08. The Balaban J connectivity index is 1.69. The molecule has 0 aliphatic heterocycles. The van der Waals surface area contributed by atoms with Gasteiger partial charge in [-0.2, -0.15) is 23.1 Å². The van der Waals surface area contributed by atoms with E-state index >= 15 is 0 Å². The molecule has 28 heavy (non-hydrogen) atoms. The highest BCUT2D eigenvalue weighted by atomic mass is 19.4. The summed E-state index contributed by atoms with van der Waals surface area (Å²) in [5.41, 5.74) is -0.315. The minimum Gasteiger partial charge on any atom is -0.452 e. The van der Waals surface area contributed by atoms with E-state index < -0.39 is 30.1 Å². The second-order valence-electron chi connectivity index (χ2n) is 5.84. The monoisotopic (exact) mass is 389 g/mol. The zero-order chi connectivity index (χ0) is 20.3. The van der Waals surface area contributed by atoms with Crippen molar-refractivity contribution >= 4 is 11.8 Å². The van der Waals surface area contributed by atoms with Crippen molar-refractivity contribution in [3.05, 3.63) is 77.1 Å². The summed E-state index contributed by atoms with van der Waals surface area (Å²) in [6.45, 7) is 0.843. The minimum atomic E-state index is -4.57. The number of aryl methyl sites for hydroxylation is 1. The van der Waals surface area contributed by atoms with Crippen molar-refractivity contribution in [3.63, 3.8) is 0 Å². The summed E-state index contributed by atoms with van der Waals surface area (Å²) in [4.78, 5) is 25.5. The first-order chi connectivity index (χ1) is 13.3. The predicted octanol–water partition coefficient (Wildman–Crippen LogP) is 3.63. The van der Waals surface area contributed by atoms with Crippen LogP contribution in [-0.2, 0) is 10.9 Å². The van der Waals surface area contributed by atoms with Crippen LogP contribution >= 0.6 is 0 Å². The molecule has 0 unspecified atom stereocenters. The van der Waals surface area contributed by atoms with Crippen molar-refractivity contribution in [1.29, 1.82) is 0 Å². The van der Waals surface area contributed by atoms with E-state index in [1.807, 2.05) is 6.07 Å². The average molecular weight is 389 g/mol. The second kappa shape index (κ2) is 7.63. The lowest BCUT2D eigenvalue weighted by Crippen LogP contribution is -2.16. The molecule has 0 saturated heterocycles. The topological polar surface area (TPSA) is 74.1 Å². The van der Waals surface area contributed by atoms with Crippen LogP contribution in [0.15, 0.2) is 54.6 Å². The number of benzene rings is 2. The Kier molecular flexibility index (Phi) is 5.25. The first-order valence-electron chi connectivity index (χ1n) is 8.12. The van der Waals surface area contributed by atoms with E-state index in [0.29, 0.717) is 17.4 Å². The fourth-order valence-electron chi connectivity index (χ4n) is 2.40. The van der Waals surface area contributed by atoms with Crippen LogP contribution < -0.4 is 0 Å². The summed E-state index contributed by atoms with van der Waals surface area (Å²) < 4.78 is 43.1. The molecule has 3 rings (SSSR count). The predicted molar refractivity (Wildman–Crippen MR) is 92.2 cm³/mol. The Morgan fingerprint density at radius 2 is 1.75 bits per heavy atom. The second-order valence-corrected chi connectivity index (χ2v) is 5.84. The maximum absolute atomic E-state index is 12.7. The van der Waals surface area contributed by atoms with Gasteiger partial charge in [-0.1, -0.05) is 30.3 Å². The Labute approximate surface area is 157 Å². The van der Waals surface area contributed by atoms with Crippen molar-refractivity contribution in [2.75, 3.05) is 6.61 Å². The van der Waals surface area contributed by atoms with Crippen LogP contribution in [0.1, 0.15) is 32.1 Å². The molecule has 9 heteroatoms. The van der Waals surface area contributed by atoms with Crippen LogP contribution in [0, 0.1) is 6.92 Å². The number of rotatable bonds is 5. The number of aromatic nitrogens is 3. The van der Waals surface area contributed by atoms with Gasteiger partial charge in [0, 0.05) is 5.56 Å². The summed E-state index contributed by atoms with van der Waals surface area (Å²) in [6, 6.07) is 12.8. The Morgan fingerprint density at radius 1 is 1.04 bits per heavy atom. The molecular weight excluding hydrogens is 375 g/mol. The van der Waals surface area contributed by atoms with E-state index in [-0.39, 0.29) is 11.3 Å². The van der Waals surface area contributed by atoms with Gasteiger partial charge in [-0.15, -0.1) is 5.10 Å². The van der Waals surface area contributed by atoms with Crippen LogP contribution in [0.4, 0.5) is 13.2 Å². The zero-order valence-electron chi connectivity index (χ0n) is 14.6. The van der Waals surface area contributed by atoms with E-state index in [1.54, 1.807) is 31.2 Å². The quantitative estimate of drug-likeness (QED) is 0.492. The molecule has 0 aliphatic carbocycles. The van der Waals surface area contributed by atoms with Crippen molar-refractivity contribution in [1.82, 2.24) is 15.0 Å². The van der Waals surface area contributed by atoms with Gasteiger partial charge in [0.05, 0.1) is 16.9 Å². The summed E-state index contributed by atoms with van der Waals surface area (Å²) >= 11 is 0. The first-order valence-corrected chi connectivity index (χ1v) is 8.12. The third kappa shape index (κ3) is 4.25. The van der Waals surface area contributed by atoms with E-state index in [0.717, 1.165) is 12.1 Å². The van der Waals surface area contributed by atoms with Crippen LogP contribution in [0.5, 0.6) is 0 Å². The maximum atomic E-state index is 12.7. The molecule has 1 heterocycles. The number of ketones is 1. The molecule has 0 spiro atoms. The lowest BCUT2D eigenvalue weighted by molar-refractivity contribution is -0.137. The van der Waals surface area contributed by atoms with Crippen molar-refractivity contribution in [2.45, 2.75) is 13.1 Å². The Bertz CT molecular complexity index is 1010. The van der Waals surface area contributed by atoms with Crippen LogP contribution in [-0.4, -0.2) is 33.4 Å². The molecule has 0 atom stereocenters. The normalized spacial score (nSPS) is 11.3. The number of Topliss-reactive ketones (excluding diaryl/α,β-unsaturated/α-hetero) is 1. The van der Waals surface area contributed by atoms with Gasteiger partial charge in [-0.3, -0.25) is 4.79 Å². The fraction of sp³-hybridized carbons (Fsp3) is 0.158. The number of hydrogen-bond donors (Lipinski definition) is 0. The number of alkyl halides is 3. The first kappa shape index (κ1) is 19.3. The molecule has 3 aromatic rings. The van der Waals surface area contributed by atoms with E-state index in [9.17, 15) is 22.8 Å². The Hall–Kier alpha value is -3.49. The van der Waals surface area contributed by atoms with Gasteiger partial charge >= 0.3 is 12.1 Å². The molecule has 0 aliphatic rings. The van der Waals surface area contributed by atoms with Crippen molar-refractivity contribution < 1.29 is 27.5 Å². The summed E-state index contributed by atoms with van der Waals surface area (Å²) in [5.74, 6) is -1.65. The van der Waals surface area contributed by atoms with Crippen LogP contribution in [0.25, 0.3) is 5.69 Å². The molecule has 0 amide bonds. The van der Waals surface area contributed by atoms with E-state index in [4.69, 9.17) is 4.74 Å². The average Bonchev–Trinajstić information content (AvgIpc) is 3.08. The van der Waals surface area contributed by atoms with Gasteiger partial charge in [0.2, 0.25) is 0 Å². The highest BCUT2D eigenvalue weighted by molar-refractivity contribution is 5.99. The molecule has 2 aromatic carbocycles. The number of para-hydroxylation sites is 1. The minimum absolute atomic E-state index is 0.0827. The summed E-state index contributed by atoms with van der Waals surface area (Å²) in [5, 5.41) is 8.17. The van der Waals surface area contributed by atoms with Gasteiger partial charge in [0.1, 0.15) is 0 Å². The standard InChI is InChI=1S/C19H14F3N3O3/c1-12-17(24-25(23-12)15-8-3-2-4-9-15)18(27)28-11-16(26)13-6-5-7-14(10-13)19(20,21)22/h2-10H,11H2,1H3. The van der Waals surface area contributed by atoms with E-state index in [2.05, 4.69) is 10.2 Å². The van der Waals surface area contributed by atoms with E-state index in [1.165, 1.54) is 10.9 Å². The largest absolute Gasteiger partial charge is 0.452 e. The summed E-state index contributed by atoms with van der Waals surface area (Å²) in [7, 11) is 0. The fourth-order valence-corrected chi connectivity index (χ4v) is 2.40. The van der Waals surface area contributed by atoms with Crippen molar-refractivity contribution in [2.24, 2.45) is 0 Å². The molecule has 0 bridgehead atoms. The SMILES string of the molecule is Cc1nn(-c2ccccc2)nc1C(=O)OCC(=O)c1cccc(C(F)(F)F)c1. The van der Waals surface area contributed by atoms with Gasteiger partial charge in [-0.05, 0) is 31.2 Å². The highest BCUT2D eigenvalue weighted by Gasteiger charge is 2.31. The molecular formula is C19H14F3N3O3.